The molecular formula is C17H29NO3. The fourth-order valence-electron chi connectivity index (χ4n) is 2.43. The highest BCUT2D eigenvalue weighted by Crippen LogP contribution is 2.20. The number of nitrogens with zero attached hydrogens (tertiary/aromatic N) is 1. The Balaban J connectivity index is 2.40. The van der Waals surface area contributed by atoms with Gasteiger partial charge in [0.25, 0.3) is 0 Å². The van der Waals surface area contributed by atoms with Crippen molar-refractivity contribution in [2.24, 2.45) is 5.92 Å². The number of esters is 1. The van der Waals surface area contributed by atoms with Gasteiger partial charge in [0.2, 0.25) is 5.91 Å². The number of rotatable bonds is 9. The highest BCUT2D eigenvalue weighted by Gasteiger charge is 2.34. The van der Waals surface area contributed by atoms with Crippen LogP contribution in [-0.2, 0) is 14.3 Å². The van der Waals surface area contributed by atoms with Crippen LogP contribution in [0.15, 0.2) is 11.6 Å². The van der Waals surface area contributed by atoms with Crippen molar-refractivity contribution in [1.82, 2.24) is 4.90 Å². The van der Waals surface area contributed by atoms with Gasteiger partial charge < -0.3 is 9.64 Å². The van der Waals surface area contributed by atoms with Gasteiger partial charge >= 0.3 is 5.97 Å². The van der Waals surface area contributed by atoms with E-state index in [-0.39, 0.29) is 17.8 Å². The molecule has 0 aromatic heterocycles. The Morgan fingerprint density at radius 3 is 2.71 bits per heavy atom. The van der Waals surface area contributed by atoms with Crippen LogP contribution in [0.25, 0.3) is 0 Å². The first-order valence-electron chi connectivity index (χ1n) is 8.24. The molecule has 0 aliphatic carbocycles. The summed E-state index contributed by atoms with van der Waals surface area (Å²) in [4.78, 5) is 25.7. The van der Waals surface area contributed by atoms with Crippen molar-refractivity contribution in [2.75, 3.05) is 19.7 Å². The van der Waals surface area contributed by atoms with E-state index in [1.807, 2.05) is 0 Å². The zero-order chi connectivity index (χ0) is 15.7. The fraction of sp³-hybridized carbons (Fsp3) is 0.765. The van der Waals surface area contributed by atoms with Gasteiger partial charge in [-0.3, -0.25) is 9.59 Å². The van der Waals surface area contributed by atoms with Gasteiger partial charge in [0.05, 0.1) is 5.92 Å². The topological polar surface area (TPSA) is 46.6 Å². The maximum absolute atomic E-state index is 12.1. The third-order valence-electron chi connectivity index (χ3n) is 3.91. The van der Waals surface area contributed by atoms with E-state index in [4.69, 9.17) is 4.74 Å². The van der Waals surface area contributed by atoms with Crippen LogP contribution in [0.1, 0.15) is 59.3 Å². The van der Waals surface area contributed by atoms with Gasteiger partial charge in [0.15, 0.2) is 0 Å². The second kappa shape index (κ2) is 9.59. The molecule has 4 heteroatoms. The summed E-state index contributed by atoms with van der Waals surface area (Å²) < 4.78 is 5.39. The Hall–Kier alpha value is -1.32. The summed E-state index contributed by atoms with van der Waals surface area (Å²) >= 11 is 0. The van der Waals surface area contributed by atoms with Crippen LogP contribution in [0.3, 0.4) is 0 Å². The van der Waals surface area contributed by atoms with Crippen LogP contribution in [-0.4, -0.2) is 36.5 Å². The summed E-state index contributed by atoms with van der Waals surface area (Å²) in [6.07, 6.45) is 7.53. The monoisotopic (exact) mass is 295 g/mol. The van der Waals surface area contributed by atoms with E-state index in [1.165, 1.54) is 0 Å². The molecule has 1 unspecified atom stereocenters. The average molecular weight is 295 g/mol. The molecule has 0 bridgehead atoms. The number of likely N-dealkylation sites (tertiary alicyclic amines) is 1. The van der Waals surface area contributed by atoms with Crippen molar-refractivity contribution >= 4 is 11.9 Å². The van der Waals surface area contributed by atoms with Gasteiger partial charge in [0, 0.05) is 19.5 Å². The summed E-state index contributed by atoms with van der Waals surface area (Å²) in [6, 6.07) is 0. The zero-order valence-electron chi connectivity index (χ0n) is 13.7. The number of amides is 1. The quantitative estimate of drug-likeness (QED) is 0.484. The number of ether oxygens (including phenoxy) is 1. The predicted molar refractivity (Wildman–Crippen MR) is 83.8 cm³/mol. The summed E-state index contributed by atoms with van der Waals surface area (Å²) in [5.74, 6) is -0.417. The van der Waals surface area contributed by atoms with Gasteiger partial charge in [-0.15, -0.1) is 0 Å². The number of carbonyl (C=O) groups excluding carboxylic acids is 2. The van der Waals surface area contributed by atoms with Crippen LogP contribution in [0.4, 0.5) is 0 Å². The Bertz CT molecular complexity index is 376. The molecule has 1 atom stereocenters. The lowest BCUT2D eigenvalue weighted by Crippen LogP contribution is -2.27. The van der Waals surface area contributed by atoms with Crippen LogP contribution in [0, 0.1) is 5.92 Å². The van der Waals surface area contributed by atoms with Crippen molar-refractivity contribution in [3.8, 4) is 0 Å². The second-order valence-corrected chi connectivity index (χ2v) is 5.71. The smallest absolute Gasteiger partial charge is 0.311 e. The highest BCUT2D eigenvalue weighted by molar-refractivity contribution is 5.86. The third kappa shape index (κ3) is 5.90. The standard InChI is InChI=1S/C17H29NO3/c1-4-7-9-14(6-3)13-21-17(20)15-11-16(19)18(12-15)10-8-5-2/h9,15H,4-8,10-13H2,1-3H3/b14-9+. The fourth-order valence-corrected chi connectivity index (χ4v) is 2.43. The first-order chi connectivity index (χ1) is 10.1. The van der Waals surface area contributed by atoms with Gasteiger partial charge in [0.1, 0.15) is 6.61 Å². The number of allylic oxidation sites excluding steroid dienone is 1. The molecule has 1 heterocycles. The van der Waals surface area contributed by atoms with Crippen molar-refractivity contribution in [3.63, 3.8) is 0 Å². The number of unbranched alkanes of at least 4 members (excludes halogenated alkanes) is 2. The molecular weight excluding hydrogens is 266 g/mol. The Labute approximate surface area is 128 Å². The first kappa shape index (κ1) is 17.7. The lowest BCUT2D eigenvalue weighted by molar-refractivity contribution is -0.147. The van der Waals surface area contributed by atoms with E-state index in [9.17, 15) is 9.59 Å². The molecule has 0 spiro atoms. The predicted octanol–water partition coefficient (Wildman–Crippen LogP) is 3.31. The van der Waals surface area contributed by atoms with Gasteiger partial charge in [-0.05, 0) is 24.8 Å². The molecule has 0 aromatic carbocycles. The summed E-state index contributed by atoms with van der Waals surface area (Å²) in [5, 5.41) is 0. The van der Waals surface area contributed by atoms with Crippen molar-refractivity contribution in [3.05, 3.63) is 11.6 Å². The first-order valence-corrected chi connectivity index (χ1v) is 8.24. The number of carbonyl (C=O) groups is 2. The minimum absolute atomic E-state index is 0.0858. The van der Waals surface area contributed by atoms with Gasteiger partial charge in [-0.2, -0.15) is 0 Å². The summed E-state index contributed by atoms with van der Waals surface area (Å²) in [5.41, 5.74) is 1.16. The van der Waals surface area contributed by atoms with Crippen LogP contribution in [0.2, 0.25) is 0 Å². The van der Waals surface area contributed by atoms with E-state index in [0.717, 1.165) is 44.2 Å². The number of hydrogen-bond acceptors (Lipinski definition) is 3. The van der Waals surface area contributed by atoms with Gasteiger partial charge in [-0.25, -0.2) is 0 Å². The molecule has 1 aliphatic heterocycles. The summed E-state index contributed by atoms with van der Waals surface area (Å²) in [6.45, 7) is 7.95. The second-order valence-electron chi connectivity index (χ2n) is 5.71. The molecule has 0 N–H and O–H groups in total. The lowest BCUT2D eigenvalue weighted by atomic mass is 10.1. The van der Waals surface area contributed by atoms with E-state index < -0.39 is 0 Å². The minimum atomic E-state index is -0.279. The molecule has 1 amide bonds. The van der Waals surface area contributed by atoms with Crippen molar-refractivity contribution in [2.45, 2.75) is 59.3 Å². The molecule has 0 saturated carbocycles. The zero-order valence-corrected chi connectivity index (χ0v) is 13.7. The van der Waals surface area contributed by atoms with Crippen LogP contribution in [0.5, 0.6) is 0 Å². The Morgan fingerprint density at radius 1 is 1.33 bits per heavy atom. The third-order valence-corrected chi connectivity index (χ3v) is 3.91. The summed E-state index contributed by atoms with van der Waals surface area (Å²) in [7, 11) is 0. The molecule has 0 aromatic rings. The highest BCUT2D eigenvalue weighted by atomic mass is 16.5. The number of hydrogen-bond donors (Lipinski definition) is 0. The molecule has 1 rings (SSSR count). The van der Waals surface area contributed by atoms with Crippen molar-refractivity contribution < 1.29 is 14.3 Å². The largest absolute Gasteiger partial charge is 0.461 e. The molecule has 0 radical (unpaired) electrons. The Morgan fingerprint density at radius 2 is 2.10 bits per heavy atom. The molecule has 120 valence electrons. The maximum Gasteiger partial charge on any atom is 0.311 e. The molecule has 1 fully saturated rings. The van der Waals surface area contributed by atoms with E-state index in [2.05, 4.69) is 26.8 Å². The minimum Gasteiger partial charge on any atom is -0.461 e. The van der Waals surface area contributed by atoms with Crippen LogP contribution < -0.4 is 0 Å². The van der Waals surface area contributed by atoms with E-state index in [0.29, 0.717) is 19.6 Å². The normalized spacial score (nSPS) is 19.2. The maximum atomic E-state index is 12.1. The SMILES string of the molecule is CCC/C=C(\CC)COC(=O)C1CC(=O)N(CCCC)C1. The van der Waals surface area contributed by atoms with E-state index >= 15 is 0 Å². The van der Waals surface area contributed by atoms with Crippen LogP contribution >= 0.6 is 0 Å². The molecule has 21 heavy (non-hydrogen) atoms. The molecule has 1 saturated heterocycles. The van der Waals surface area contributed by atoms with E-state index in [1.54, 1.807) is 4.90 Å². The van der Waals surface area contributed by atoms with Gasteiger partial charge in [-0.1, -0.05) is 39.7 Å². The molecule has 1 aliphatic rings. The molecule has 4 nitrogen and oxygen atoms in total. The van der Waals surface area contributed by atoms with Crippen molar-refractivity contribution in [1.29, 1.82) is 0 Å². The average Bonchev–Trinajstić information content (AvgIpc) is 2.86. The Kier molecular flexibility index (Phi) is 8.09. The lowest BCUT2D eigenvalue weighted by Gasteiger charge is -2.15.